The average molecular weight is 404 g/mol. The van der Waals surface area contributed by atoms with Crippen LogP contribution in [0.1, 0.15) is 41.0 Å². The first-order chi connectivity index (χ1) is 14.4. The molecule has 2 aromatic carbocycles. The van der Waals surface area contributed by atoms with Crippen molar-refractivity contribution in [1.82, 2.24) is 9.97 Å². The minimum Gasteiger partial charge on any atom is -0.357 e. The first-order valence-corrected chi connectivity index (χ1v) is 10.3. The highest BCUT2D eigenvalue weighted by Crippen LogP contribution is 2.20. The Labute approximate surface area is 178 Å². The predicted molar refractivity (Wildman–Crippen MR) is 124 cm³/mol. The number of nitrogens with zero attached hydrogens (tertiary/aromatic N) is 3. The van der Waals surface area contributed by atoms with Gasteiger partial charge in [0.25, 0.3) is 5.91 Å². The molecule has 6 heteroatoms. The van der Waals surface area contributed by atoms with Crippen molar-refractivity contribution < 1.29 is 4.79 Å². The van der Waals surface area contributed by atoms with Gasteiger partial charge in [-0.2, -0.15) is 4.98 Å². The van der Waals surface area contributed by atoms with Gasteiger partial charge in [-0.1, -0.05) is 6.07 Å². The molecule has 2 N–H and O–H groups in total. The predicted octanol–water partition coefficient (Wildman–Crippen LogP) is 5.24. The van der Waals surface area contributed by atoms with Crippen LogP contribution in [0.3, 0.4) is 0 Å². The smallest absolute Gasteiger partial charge is 0.255 e. The maximum atomic E-state index is 12.5. The second kappa shape index (κ2) is 9.39. The lowest BCUT2D eigenvalue weighted by Crippen LogP contribution is -2.23. The number of carbonyl (C=O) groups excluding carboxylic acids is 1. The molecule has 3 aromatic rings. The van der Waals surface area contributed by atoms with Gasteiger partial charge in [0.1, 0.15) is 5.82 Å². The number of benzene rings is 2. The normalized spacial score (nSPS) is 10.6. The second-order valence-electron chi connectivity index (χ2n) is 7.32. The summed E-state index contributed by atoms with van der Waals surface area (Å²) in [4.78, 5) is 23.8. The van der Waals surface area contributed by atoms with Gasteiger partial charge in [-0.3, -0.25) is 4.79 Å². The first-order valence-electron chi connectivity index (χ1n) is 10.3. The molecule has 0 saturated heterocycles. The molecule has 0 radical (unpaired) electrons. The van der Waals surface area contributed by atoms with E-state index in [2.05, 4.69) is 39.3 Å². The van der Waals surface area contributed by atoms with Crippen LogP contribution in [0.2, 0.25) is 0 Å². The molecule has 0 bridgehead atoms. The number of hydrogen-bond acceptors (Lipinski definition) is 5. The number of aromatic nitrogens is 2. The molecular formula is C24H29N5O. The minimum atomic E-state index is -0.121. The molecule has 156 valence electrons. The molecule has 1 aromatic heterocycles. The van der Waals surface area contributed by atoms with Crippen molar-refractivity contribution in [2.24, 2.45) is 0 Å². The number of carbonyl (C=O) groups is 1. The molecule has 0 saturated carbocycles. The van der Waals surface area contributed by atoms with Crippen LogP contribution < -0.4 is 15.5 Å². The van der Waals surface area contributed by atoms with Crippen LogP contribution in [0, 0.1) is 20.8 Å². The highest BCUT2D eigenvalue weighted by atomic mass is 16.1. The number of amides is 1. The van der Waals surface area contributed by atoms with Crippen LogP contribution in [-0.4, -0.2) is 29.0 Å². The molecule has 6 nitrogen and oxygen atoms in total. The van der Waals surface area contributed by atoms with Crippen LogP contribution in [-0.2, 0) is 0 Å². The van der Waals surface area contributed by atoms with Crippen molar-refractivity contribution in [2.75, 3.05) is 28.6 Å². The van der Waals surface area contributed by atoms with E-state index in [-0.39, 0.29) is 5.91 Å². The summed E-state index contributed by atoms with van der Waals surface area (Å²) < 4.78 is 0. The molecule has 3 rings (SSSR count). The summed E-state index contributed by atoms with van der Waals surface area (Å²) in [5.41, 5.74) is 5.42. The lowest BCUT2D eigenvalue weighted by molar-refractivity contribution is 0.102. The van der Waals surface area contributed by atoms with Gasteiger partial charge in [-0.05, 0) is 82.1 Å². The zero-order valence-corrected chi connectivity index (χ0v) is 18.3. The lowest BCUT2D eigenvalue weighted by Gasteiger charge is -2.20. The van der Waals surface area contributed by atoms with Gasteiger partial charge < -0.3 is 15.5 Å². The van der Waals surface area contributed by atoms with E-state index in [1.54, 1.807) is 0 Å². The molecule has 0 atom stereocenters. The summed E-state index contributed by atoms with van der Waals surface area (Å²) in [6.07, 6.45) is 0. The molecular weight excluding hydrogens is 374 g/mol. The Hall–Kier alpha value is -3.41. The molecule has 1 heterocycles. The lowest BCUT2D eigenvalue weighted by atomic mass is 10.1. The highest BCUT2D eigenvalue weighted by Gasteiger charge is 2.09. The molecule has 30 heavy (non-hydrogen) atoms. The molecule has 0 fully saturated rings. The second-order valence-corrected chi connectivity index (χ2v) is 7.32. The van der Waals surface area contributed by atoms with Crippen LogP contribution >= 0.6 is 0 Å². The van der Waals surface area contributed by atoms with Crippen molar-refractivity contribution in [1.29, 1.82) is 0 Å². The Kier molecular flexibility index (Phi) is 6.67. The first kappa shape index (κ1) is 21.3. The number of rotatable bonds is 7. The van der Waals surface area contributed by atoms with Crippen molar-refractivity contribution in [3.63, 3.8) is 0 Å². The number of hydrogen-bond donors (Lipinski definition) is 2. The fourth-order valence-corrected chi connectivity index (χ4v) is 3.17. The van der Waals surface area contributed by atoms with Gasteiger partial charge in [0.05, 0.1) is 0 Å². The van der Waals surface area contributed by atoms with E-state index in [4.69, 9.17) is 0 Å². The highest BCUT2D eigenvalue weighted by molar-refractivity contribution is 6.04. The summed E-state index contributed by atoms with van der Waals surface area (Å²) in [7, 11) is 0. The van der Waals surface area contributed by atoms with Crippen molar-refractivity contribution >= 4 is 29.0 Å². The largest absolute Gasteiger partial charge is 0.357 e. The van der Waals surface area contributed by atoms with Gasteiger partial charge in [0.2, 0.25) is 5.95 Å². The van der Waals surface area contributed by atoms with Crippen molar-refractivity contribution in [2.45, 2.75) is 34.6 Å². The van der Waals surface area contributed by atoms with Crippen LogP contribution in [0.5, 0.6) is 0 Å². The Morgan fingerprint density at radius 1 is 0.867 bits per heavy atom. The summed E-state index contributed by atoms with van der Waals surface area (Å²) in [5, 5.41) is 6.19. The molecule has 1 amide bonds. The third kappa shape index (κ3) is 5.14. The number of aryl methyl sites for hydroxylation is 3. The van der Waals surface area contributed by atoms with Gasteiger partial charge in [-0.15, -0.1) is 0 Å². The Morgan fingerprint density at radius 2 is 1.53 bits per heavy atom. The average Bonchev–Trinajstić information content (AvgIpc) is 2.72. The van der Waals surface area contributed by atoms with Gasteiger partial charge in [0, 0.05) is 41.8 Å². The Morgan fingerprint density at radius 3 is 2.17 bits per heavy atom. The molecule has 0 aliphatic rings. The maximum Gasteiger partial charge on any atom is 0.255 e. The summed E-state index contributed by atoms with van der Waals surface area (Å²) >= 11 is 0. The van der Waals surface area contributed by atoms with Gasteiger partial charge in [0.15, 0.2) is 0 Å². The number of nitrogens with one attached hydrogen (secondary N) is 2. The zero-order chi connectivity index (χ0) is 21.7. The third-order valence-electron chi connectivity index (χ3n) is 5.10. The van der Waals surface area contributed by atoms with Gasteiger partial charge >= 0.3 is 0 Å². The van der Waals surface area contributed by atoms with Crippen LogP contribution in [0.15, 0.2) is 48.5 Å². The van der Waals surface area contributed by atoms with E-state index in [9.17, 15) is 4.79 Å². The standard InChI is InChI=1S/C24H29N5O/c1-6-29(7-2)22-15-18(5)25-24(28-22)27-21-12-10-20(11-13-21)26-23(30)19-9-8-16(3)17(4)14-19/h8-15H,6-7H2,1-5H3,(H,26,30)(H,25,27,28). The van der Waals surface area contributed by atoms with Crippen molar-refractivity contribution in [3.8, 4) is 0 Å². The molecule has 0 spiro atoms. The Bertz CT molecular complexity index is 1030. The summed E-state index contributed by atoms with van der Waals surface area (Å²) in [5.74, 6) is 1.35. The fraction of sp³-hybridized carbons (Fsp3) is 0.292. The van der Waals surface area contributed by atoms with Crippen LogP contribution in [0.4, 0.5) is 23.1 Å². The minimum absolute atomic E-state index is 0.121. The molecule has 0 aliphatic heterocycles. The van der Waals surface area contributed by atoms with E-state index < -0.39 is 0 Å². The van der Waals surface area contributed by atoms with E-state index in [0.29, 0.717) is 11.5 Å². The monoisotopic (exact) mass is 403 g/mol. The van der Waals surface area contributed by atoms with Gasteiger partial charge in [-0.25, -0.2) is 4.98 Å². The SMILES string of the molecule is CCN(CC)c1cc(C)nc(Nc2ccc(NC(=O)c3ccc(C)c(C)c3)cc2)n1. The Balaban J connectivity index is 1.70. The van der Waals surface area contributed by atoms with E-state index in [0.717, 1.165) is 41.5 Å². The zero-order valence-electron chi connectivity index (χ0n) is 18.3. The van der Waals surface area contributed by atoms with E-state index in [1.165, 1.54) is 5.56 Å². The topological polar surface area (TPSA) is 70.2 Å². The summed E-state index contributed by atoms with van der Waals surface area (Å²) in [6.45, 7) is 12.0. The fourth-order valence-electron chi connectivity index (χ4n) is 3.17. The molecule has 0 unspecified atom stereocenters. The maximum absolute atomic E-state index is 12.5. The van der Waals surface area contributed by atoms with Crippen LogP contribution in [0.25, 0.3) is 0 Å². The summed E-state index contributed by atoms with van der Waals surface area (Å²) in [6, 6.07) is 15.2. The number of anilines is 4. The van der Waals surface area contributed by atoms with E-state index >= 15 is 0 Å². The third-order valence-corrected chi connectivity index (χ3v) is 5.10. The van der Waals surface area contributed by atoms with E-state index in [1.807, 2.05) is 69.3 Å². The molecule has 0 aliphatic carbocycles. The quantitative estimate of drug-likeness (QED) is 0.564. The van der Waals surface area contributed by atoms with Crippen molar-refractivity contribution in [3.05, 3.63) is 70.9 Å².